The zero-order valence-corrected chi connectivity index (χ0v) is 16.0. The Bertz CT molecular complexity index is 828. The lowest BCUT2D eigenvalue weighted by atomic mass is 10.1. The molecule has 6 heteroatoms. The lowest BCUT2D eigenvalue weighted by molar-refractivity contribution is -0.133. The maximum Gasteiger partial charge on any atom is 0.256 e. The molecule has 2 aromatic carbocycles. The second kappa shape index (κ2) is 8.53. The average molecular weight is 389 g/mol. The summed E-state index contributed by atoms with van der Waals surface area (Å²) in [5.41, 5.74) is 0.992. The maximum atomic E-state index is 14.3. The van der Waals surface area contributed by atoms with E-state index in [9.17, 15) is 14.0 Å². The van der Waals surface area contributed by atoms with E-state index in [1.165, 1.54) is 12.1 Å². The number of benzene rings is 2. The number of hydrogen-bond acceptors (Lipinski definition) is 2. The van der Waals surface area contributed by atoms with Crippen molar-refractivity contribution in [3.05, 3.63) is 70.5 Å². The summed E-state index contributed by atoms with van der Waals surface area (Å²) in [5, 5.41) is -0.0792. The third-order valence-corrected chi connectivity index (χ3v) is 5.22. The monoisotopic (exact) mass is 388 g/mol. The first kappa shape index (κ1) is 19.4. The molecule has 1 aliphatic heterocycles. The van der Waals surface area contributed by atoms with Gasteiger partial charge in [0, 0.05) is 32.1 Å². The Labute approximate surface area is 163 Å². The van der Waals surface area contributed by atoms with E-state index in [-0.39, 0.29) is 35.5 Å². The van der Waals surface area contributed by atoms with Crippen molar-refractivity contribution in [3.8, 4) is 0 Å². The van der Waals surface area contributed by atoms with E-state index >= 15 is 0 Å². The molecule has 1 heterocycles. The summed E-state index contributed by atoms with van der Waals surface area (Å²) in [6.07, 6.45) is 0.928. The summed E-state index contributed by atoms with van der Waals surface area (Å²) in [7, 11) is 0. The molecule has 0 saturated carbocycles. The van der Waals surface area contributed by atoms with Crippen LogP contribution < -0.4 is 0 Å². The Hall–Kier alpha value is -2.40. The van der Waals surface area contributed by atoms with Gasteiger partial charge in [0.15, 0.2) is 5.82 Å². The second-order valence-corrected chi connectivity index (χ2v) is 7.08. The largest absolute Gasteiger partial charge is 0.336 e. The number of rotatable bonds is 4. The SMILES string of the molecule is CC[C@H]1CN(C(=O)c2cccc(Cl)c2F)CCC(=O)N1Cc1ccccc1. The molecule has 0 aromatic heterocycles. The first-order valence-electron chi connectivity index (χ1n) is 9.08. The van der Waals surface area contributed by atoms with Gasteiger partial charge in [0.2, 0.25) is 5.91 Å². The smallest absolute Gasteiger partial charge is 0.256 e. The number of amides is 2. The van der Waals surface area contributed by atoms with Crippen LogP contribution in [0.4, 0.5) is 4.39 Å². The minimum Gasteiger partial charge on any atom is -0.336 e. The molecule has 142 valence electrons. The molecule has 0 unspecified atom stereocenters. The van der Waals surface area contributed by atoms with Crippen LogP contribution >= 0.6 is 11.6 Å². The fourth-order valence-electron chi connectivity index (χ4n) is 3.39. The van der Waals surface area contributed by atoms with Gasteiger partial charge in [0.05, 0.1) is 10.6 Å². The molecular formula is C21H22ClFN2O2. The summed E-state index contributed by atoms with van der Waals surface area (Å²) in [6, 6.07) is 14.1. The maximum absolute atomic E-state index is 14.3. The van der Waals surface area contributed by atoms with Crippen LogP contribution in [0.2, 0.25) is 5.02 Å². The standard InChI is InChI=1S/C21H22ClFN2O2/c1-2-16-14-24(21(27)17-9-6-10-18(22)20(17)23)12-11-19(26)25(16)13-15-7-4-3-5-8-15/h3-10,16H,2,11-14H2,1H3/t16-/m0/s1. The molecule has 0 N–H and O–H groups in total. The van der Waals surface area contributed by atoms with Crippen LogP contribution in [-0.4, -0.2) is 40.7 Å². The molecule has 0 bridgehead atoms. The molecule has 4 nitrogen and oxygen atoms in total. The Kier molecular flexibility index (Phi) is 6.11. The molecule has 1 saturated heterocycles. The van der Waals surface area contributed by atoms with Crippen molar-refractivity contribution in [2.75, 3.05) is 13.1 Å². The highest BCUT2D eigenvalue weighted by molar-refractivity contribution is 6.31. The molecule has 0 radical (unpaired) electrons. The van der Waals surface area contributed by atoms with E-state index in [1.54, 1.807) is 11.0 Å². The molecule has 1 atom stereocenters. The van der Waals surface area contributed by atoms with E-state index in [0.717, 1.165) is 5.56 Å². The number of hydrogen-bond donors (Lipinski definition) is 0. The zero-order valence-electron chi connectivity index (χ0n) is 15.2. The first-order valence-corrected chi connectivity index (χ1v) is 9.45. The van der Waals surface area contributed by atoms with E-state index in [2.05, 4.69) is 0 Å². The van der Waals surface area contributed by atoms with Crippen molar-refractivity contribution < 1.29 is 14.0 Å². The van der Waals surface area contributed by atoms with Crippen LogP contribution in [-0.2, 0) is 11.3 Å². The highest BCUT2D eigenvalue weighted by Crippen LogP contribution is 2.22. The number of nitrogens with zero attached hydrogens (tertiary/aromatic N) is 2. The molecule has 2 amide bonds. The van der Waals surface area contributed by atoms with Gasteiger partial charge in [-0.25, -0.2) is 4.39 Å². The Balaban J connectivity index is 1.82. The van der Waals surface area contributed by atoms with Crippen LogP contribution in [0.3, 0.4) is 0 Å². The third kappa shape index (κ3) is 4.30. The van der Waals surface area contributed by atoms with E-state index in [0.29, 0.717) is 19.5 Å². The summed E-state index contributed by atoms with van der Waals surface area (Å²) in [5.74, 6) is -1.13. The lowest BCUT2D eigenvalue weighted by Gasteiger charge is -2.31. The minimum absolute atomic E-state index is 0.00701. The van der Waals surface area contributed by atoms with Crippen molar-refractivity contribution in [1.82, 2.24) is 9.80 Å². The predicted molar refractivity (Wildman–Crippen MR) is 103 cm³/mol. The summed E-state index contributed by atoms with van der Waals surface area (Å²) < 4.78 is 14.3. The van der Waals surface area contributed by atoms with Crippen LogP contribution in [0.15, 0.2) is 48.5 Å². The van der Waals surface area contributed by atoms with Gasteiger partial charge in [-0.15, -0.1) is 0 Å². The molecular weight excluding hydrogens is 367 g/mol. The van der Waals surface area contributed by atoms with Crippen molar-refractivity contribution in [1.29, 1.82) is 0 Å². The fraction of sp³-hybridized carbons (Fsp3) is 0.333. The number of carbonyl (C=O) groups excluding carboxylic acids is 2. The molecule has 2 aromatic rings. The van der Waals surface area contributed by atoms with Crippen molar-refractivity contribution in [3.63, 3.8) is 0 Å². The van der Waals surface area contributed by atoms with Crippen LogP contribution in [0.5, 0.6) is 0 Å². The van der Waals surface area contributed by atoms with Crippen LogP contribution in [0, 0.1) is 5.82 Å². The van der Waals surface area contributed by atoms with Gasteiger partial charge in [-0.3, -0.25) is 9.59 Å². The zero-order chi connectivity index (χ0) is 19.4. The van der Waals surface area contributed by atoms with Gasteiger partial charge in [0.25, 0.3) is 5.91 Å². The van der Waals surface area contributed by atoms with Crippen molar-refractivity contribution in [2.24, 2.45) is 0 Å². The van der Waals surface area contributed by atoms with E-state index in [1.807, 2.05) is 42.2 Å². The third-order valence-electron chi connectivity index (χ3n) is 4.92. The molecule has 3 rings (SSSR count). The quantitative estimate of drug-likeness (QED) is 0.790. The second-order valence-electron chi connectivity index (χ2n) is 6.67. The van der Waals surface area contributed by atoms with Gasteiger partial charge in [-0.05, 0) is 24.1 Å². The summed E-state index contributed by atoms with van der Waals surface area (Å²) >= 11 is 5.81. The average Bonchev–Trinajstić information content (AvgIpc) is 2.84. The predicted octanol–water partition coefficient (Wildman–Crippen LogP) is 4.13. The Morgan fingerprint density at radius 2 is 1.93 bits per heavy atom. The molecule has 0 aliphatic carbocycles. The topological polar surface area (TPSA) is 40.6 Å². The summed E-state index contributed by atoms with van der Waals surface area (Å²) in [6.45, 7) is 3.14. The van der Waals surface area contributed by atoms with Gasteiger partial charge in [-0.2, -0.15) is 0 Å². The number of halogens is 2. The van der Waals surface area contributed by atoms with Crippen molar-refractivity contribution >= 4 is 23.4 Å². The molecule has 1 aliphatic rings. The van der Waals surface area contributed by atoms with Gasteiger partial charge >= 0.3 is 0 Å². The lowest BCUT2D eigenvalue weighted by Crippen LogP contribution is -2.43. The van der Waals surface area contributed by atoms with Crippen LogP contribution in [0.1, 0.15) is 35.7 Å². The van der Waals surface area contributed by atoms with Crippen LogP contribution in [0.25, 0.3) is 0 Å². The van der Waals surface area contributed by atoms with Gasteiger partial charge in [-0.1, -0.05) is 54.9 Å². The minimum atomic E-state index is -0.714. The first-order chi connectivity index (χ1) is 13.0. The molecule has 1 fully saturated rings. The highest BCUT2D eigenvalue weighted by Gasteiger charge is 2.32. The molecule has 27 heavy (non-hydrogen) atoms. The van der Waals surface area contributed by atoms with Gasteiger partial charge < -0.3 is 9.80 Å². The number of carbonyl (C=O) groups is 2. The Morgan fingerprint density at radius 1 is 1.19 bits per heavy atom. The molecule has 0 spiro atoms. The van der Waals surface area contributed by atoms with Crippen molar-refractivity contribution in [2.45, 2.75) is 32.4 Å². The van der Waals surface area contributed by atoms with E-state index < -0.39 is 11.7 Å². The Morgan fingerprint density at radius 3 is 2.63 bits per heavy atom. The van der Waals surface area contributed by atoms with Gasteiger partial charge in [0.1, 0.15) is 0 Å². The van der Waals surface area contributed by atoms with E-state index in [4.69, 9.17) is 11.6 Å². The fourth-order valence-corrected chi connectivity index (χ4v) is 3.57. The summed E-state index contributed by atoms with van der Waals surface area (Å²) in [4.78, 5) is 29.0. The highest BCUT2D eigenvalue weighted by atomic mass is 35.5. The normalized spacial score (nSPS) is 17.7.